The van der Waals surface area contributed by atoms with Gasteiger partial charge in [0.1, 0.15) is 23.4 Å². The second-order valence-corrected chi connectivity index (χ2v) is 4.33. The summed E-state index contributed by atoms with van der Waals surface area (Å²) in [6.45, 7) is 3.79. The summed E-state index contributed by atoms with van der Waals surface area (Å²) in [4.78, 5) is 0. The Bertz CT molecular complexity index is 675. The molecule has 96 valence electrons. The SMILES string of the molecule is Cc1cc(C)c(Oc2ccc(F)cc2C#N)cc1N. The van der Waals surface area contributed by atoms with Crippen molar-refractivity contribution in [3.8, 4) is 17.6 Å². The predicted octanol–water partition coefficient (Wildman–Crippen LogP) is 3.69. The highest BCUT2D eigenvalue weighted by molar-refractivity contribution is 5.56. The molecule has 0 aromatic heterocycles. The van der Waals surface area contributed by atoms with Crippen molar-refractivity contribution in [2.24, 2.45) is 0 Å². The summed E-state index contributed by atoms with van der Waals surface area (Å²) in [6, 6.07) is 9.34. The molecular weight excluding hydrogens is 243 g/mol. The molecule has 2 aromatic rings. The van der Waals surface area contributed by atoms with Crippen LogP contribution in [0.25, 0.3) is 0 Å². The van der Waals surface area contributed by atoms with Crippen molar-refractivity contribution in [3.63, 3.8) is 0 Å². The van der Waals surface area contributed by atoms with Crippen LogP contribution in [0.1, 0.15) is 16.7 Å². The van der Waals surface area contributed by atoms with Crippen LogP contribution in [0.5, 0.6) is 11.5 Å². The summed E-state index contributed by atoms with van der Waals surface area (Å²) in [5, 5.41) is 8.97. The number of nitrogens with two attached hydrogens (primary N) is 1. The predicted molar refractivity (Wildman–Crippen MR) is 71.5 cm³/mol. The zero-order valence-electron chi connectivity index (χ0n) is 10.7. The Labute approximate surface area is 111 Å². The van der Waals surface area contributed by atoms with Crippen molar-refractivity contribution in [2.45, 2.75) is 13.8 Å². The van der Waals surface area contributed by atoms with E-state index in [2.05, 4.69) is 0 Å². The van der Waals surface area contributed by atoms with Crippen molar-refractivity contribution in [1.82, 2.24) is 0 Å². The summed E-state index contributed by atoms with van der Waals surface area (Å²) in [6.07, 6.45) is 0. The van der Waals surface area contributed by atoms with Crippen molar-refractivity contribution in [3.05, 3.63) is 52.8 Å². The summed E-state index contributed by atoms with van der Waals surface area (Å²) in [7, 11) is 0. The zero-order chi connectivity index (χ0) is 14.0. The van der Waals surface area contributed by atoms with Crippen LogP contribution in [0.4, 0.5) is 10.1 Å². The summed E-state index contributed by atoms with van der Waals surface area (Å²) >= 11 is 0. The van der Waals surface area contributed by atoms with E-state index in [0.29, 0.717) is 17.2 Å². The van der Waals surface area contributed by atoms with Gasteiger partial charge in [0.2, 0.25) is 0 Å². The fraction of sp³-hybridized carbons (Fsp3) is 0.133. The molecule has 0 bridgehead atoms. The second-order valence-electron chi connectivity index (χ2n) is 4.33. The third-order valence-corrected chi connectivity index (χ3v) is 2.85. The van der Waals surface area contributed by atoms with Crippen molar-refractivity contribution in [1.29, 1.82) is 5.26 Å². The van der Waals surface area contributed by atoms with Gasteiger partial charge in [-0.1, -0.05) is 6.07 Å². The van der Waals surface area contributed by atoms with E-state index < -0.39 is 5.82 Å². The molecule has 0 amide bonds. The van der Waals surface area contributed by atoms with Gasteiger partial charge in [0.25, 0.3) is 0 Å². The number of halogens is 1. The highest BCUT2D eigenvalue weighted by Gasteiger charge is 2.09. The molecule has 0 aliphatic carbocycles. The van der Waals surface area contributed by atoms with Crippen molar-refractivity contribution in [2.75, 3.05) is 5.73 Å². The normalized spacial score (nSPS) is 10.0. The Morgan fingerprint density at radius 2 is 1.84 bits per heavy atom. The van der Waals surface area contributed by atoms with E-state index in [1.807, 2.05) is 26.0 Å². The number of ether oxygens (including phenoxy) is 1. The molecule has 0 saturated carbocycles. The van der Waals surface area contributed by atoms with Gasteiger partial charge in [0.05, 0.1) is 5.56 Å². The lowest BCUT2D eigenvalue weighted by Crippen LogP contribution is -1.95. The molecule has 0 atom stereocenters. The Morgan fingerprint density at radius 1 is 1.11 bits per heavy atom. The third-order valence-electron chi connectivity index (χ3n) is 2.85. The van der Waals surface area contributed by atoms with E-state index in [1.54, 1.807) is 6.07 Å². The zero-order valence-corrected chi connectivity index (χ0v) is 10.7. The third kappa shape index (κ3) is 2.66. The van der Waals surface area contributed by atoms with E-state index in [4.69, 9.17) is 15.7 Å². The first-order chi connectivity index (χ1) is 9.01. The fourth-order valence-electron chi connectivity index (χ4n) is 1.76. The molecule has 0 saturated heterocycles. The van der Waals surface area contributed by atoms with Gasteiger partial charge >= 0.3 is 0 Å². The van der Waals surface area contributed by atoms with Gasteiger partial charge in [-0.25, -0.2) is 4.39 Å². The molecule has 2 aromatic carbocycles. The molecular formula is C15H13FN2O. The molecule has 0 aliphatic heterocycles. The van der Waals surface area contributed by atoms with Crippen LogP contribution in [-0.2, 0) is 0 Å². The van der Waals surface area contributed by atoms with Crippen LogP contribution in [0, 0.1) is 31.0 Å². The van der Waals surface area contributed by atoms with Gasteiger partial charge < -0.3 is 10.5 Å². The number of nitriles is 1. The van der Waals surface area contributed by atoms with Gasteiger partial charge in [-0.05, 0) is 43.2 Å². The lowest BCUT2D eigenvalue weighted by molar-refractivity contribution is 0.475. The number of aryl methyl sites for hydroxylation is 2. The molecule has 0 aliphatic rings. The number of benzene rings is 2. The average molecular weight is 256 g/mol. The van der Waals surface area contributed by atoms with Crippen LogP contribution in [-0.4, -0.2) is 0 Å². The largest absolute Gasteiger partial charge is 0.456 e. The summed E-state index contributed by atoms with van der Waals surface area (Å²) in [5.41, 5.74) is 8.46. The minimum absolute atomic E-state index is 0.151. The highest BCUT2D eigenvalue weighted by atomic mass is 19.1. The molecule has 19 heavy (non-hydrogen) atoms. The monoisotopic (exact) mass is 256 g/mol. The molecule has 0 spiro atoms. The molecule has 0 heterocycles. The topological polar surface area (TPSA) is 59.0 Å². The molecule has 0 unspecified atom stereocenters. The molecule has 3 nitrogen and oxygen atoms in total. The Morgan fingerprint density at radius 3 is 2.53 bits per heavy atom. The van der Waals surface area contributed by atoms with Crippen LogP contribution < -0.4 is 10.5 Å². The van der Waals surface area contributed by atoms with Gasteiger partial charge in [-0.3, -0.25) is 0 Å². The fourth-order valence-corrected chi connectivity index (χ4v) is 1.76. The lowest BCUT2D eigenvalue weighted by Gasteiger charge is -2.12. The summed E-state index contributed by atoms with van der Waals surface area (Å²) in [5.74, 6) is 0.408. The first-order valence-corrected chi connectivity index (χ1v) is 5.75. The number of nitrogen functional groups attached to an aromatic ring is 1. The minimum Gasteiger partial charge on any atom is -0.456 e. The molecule has 4 heteroatoms. The van der Waals surface area contributed by atoms with Gasteiger partial charge in [-0.15, -0.1) is 0 Å². The van der Waals surface area contributed by atoms with E-state index in [0.717, 1.165) is 17.2 Å². The van der Waals surface area contributed by atoms with E-state index >= 15 is 0 Å². The van der Waals surface area contributed by atoms with Crippen LogP contribution >= 0.6 is 0 Å². The van der Waals surface area contributed by atoms with Crippen molar-refractivity contribution >= 4 is 5.69 Å². The molecule has 2 rings (SSSR count). The molecule has 0 radical (unpaired) electrons. The quantitative estimate of drug-likeness (QED) is 0.833. The highest BCUT2D eigenvalue weighted by Crippen LogP contribution is 2.31. The number of anilines is 1. The van der Waals surface area contributed by atoms with Crippen LogP contribution in [0.2, 0.25) is 0 Å². The number of hydrogen-bond acceptors (Lipinski definition) is 3. The number of nitrogens with zero attached hydrogens (tertiary/aromatic N) is 1. The lowest BCUT2D eigenvalue weighted by atomic mass is 10.1. The van der Waals surface area contributed by atoms with E-state index in [1.165, 1.54) is 12.1 Å². The maximum Gasteiger partial charge on any atom is 0.145 e. The van der Waals surface area contributed by atoms with Crippen LogP contribution in [0.3, 0.4) is 0 Å². The molecule has 0 fully saturated rings. The average Bonchev–Trinajstić information content (AvgIpc) is 2.37. The van der Waals surface area contributed by atoms with Gasteiger partial charge in [-0.2, -0.15) is 5.26 Å². The Balaban J connectivity index is 2.42. The maximum absolute atomic E-state index is 13.0. The van der Waals surface area contributed by atoms with Crippen molar-refractivity contribution < 1.29 is 9.13 Å². The van der Waals surface area contributed by atoms with Crippen LogP contribution in [0.15, 0.2) is 30.3 Å². The Kier molecular flexibility index (Phi) is 3.39. The standard InChI is InChI=1S/C15H13FN2O/c1-9-5-10(2)15(7-13(9)18)19-14-4-3-12(16)6-11(14)8-17/h3-7H,18H2,1-2H3. The Hall–Kier alpha value is -2.54. The molecule has 2 N–H and O–H groups in total. The van der Waals surface area contributed by atoms with E-state index in [9.17, 15) is 4.39 Å². The maximum atomic E-state index is 13.0. The smallest absolute Gasteiger partial charge is 0.145 e. The second kappa shape index (κ2) is 4.99. The van der Waals surface area contributed by atoms with Gasteiger partial charge in [0.15, 0.2) is 0 Å². The summed E-state index contributed by atoms with van der Waals surface area (Å²) < 4.78 is 18.7. The van der Waals surface area contributed by atoms with Gasteiger partial charge in [0, 0.05) is 11.8 Å². The minimum atomic E-state index is -0.468. The number of hydrogen-bond donors (Lipinski definition) is 1. The first-order valence-electron chi connectivity index (χ1n) is 5.75. The first kappa shape index (κ1) is 12.9. The number of rotatable bonds is 2. The van der Waals surface area contributed by atoms with E-state index in [-0.39, 0.29) is 5.56 Å².